The van der Waals surface area contributed by atoms with Crippen LogP contribution in [0.15, 0.2) is 12.3 Å². The van der Waals surface area contributed by atoms with Gasteiger partial charge in [-0.1, -0.05) is 6.92 Å². The molecule has 0 saturated carbocycles. The van der Waals surface area contributed by atoms with Gasteiger partial charge in [-0.25, -0.2) is 0 Å². The molecule has 0 radical (unpaired) electrons. The molecule has 0 aliphatic heterocycles. The Hall–Kier alpha value is -1.85. The van der Waals surface area contributed by atoms with Crippen molar-refractivity contribution >= 4 is 11.8 Å². The Bertz CT molecular complexity index is 345. The van der Waals surface area contributed by atoms with E-state index < -0.39 is 5.91 Å². The lowest BCUT2D eigenvalue weighted by Gasteiger charge is -2.02. The number of hydrogen-bond donors (Lipinski definition) is 2. The van der Waals surface area contributed by atoms with E-state index in [9.17, 15) is 9.59 Å². The van der Waals surface area contributed by atoms with E-state index >= 15 is 0 Å². The molecule has 1 aromatic heterocycles. The minimum Gasteiger partial charge on any atom is -0.364 e. The highest BCUT2D eigenvalue weighted by Crippen LogP contribution is 1.92. The second kappa shape index (κ2) is 4.40. The quantitative estimate of drug-likeness (QED) is 0.678. The van der Waals surface area contributed by atoms with E-state index in [0.717, 1.165) is 0 Å². The predicted octanol–water partition coefficient (Wildman–Crippen LogP) is -0.534. The van der Waals surface area contributed by atoms with Gasteiger partial charge in [0.1, 0.15) is 12.4 Å². The highest BCUT2D eigenvalue weighted by atomic mass is 16.2. The lowest BCUT2D eigenvalue weighted by atomic mass is 10.4. The zero-order chi connectivity index (χ0) is 10.6. The summed E-state index contributed by atoms with van der Waals surface area (Å²) in [5.74, 6) is -0.647. The SMILES string of the molecule is CCC(=O)NCn1ccc(C(N)=O)n1. The van der Waals surface area contributed by atoms with Crippen LogP contribution >= 0.6 is 0 Å². The maximum Gasteiger partial charge on any atom is 0.269 e. The lowest BCUT2D eigenvalue weighted by molar-refractivity contribution is -0.121. The first-order valence-corrected chi connectivity index (χ1v) is 4.23. The minimum absolute atomic E-state index is 0.0684. The van der Waals surface area contributed by atoms with E-state index in [2.05, 4.69) is 10.4 Å². The molecule has 76 valence electrons. The van der Waals surface area contributed by atoms with Crippen LogP contribution in [0.3, 0.4) is 0 Å². The molecule has 14 heavy (non-hydrogen) atoms. The Balaban J connectivity index is 2.52. The summed E-state index contributed by atoms with van der Waals surface area (Å²) in [6, 6.07) is 1.50. The molecule has 3 N–H and O–H groups in total. The largest absolute Gasteiger partial charge is 0.364 e. The summed E-state index contributed by atoms with van der Waals surface area (Å²) in [4.78, 5) is 21.5. The molecule has 0 unspecified atom stereocenters. The van der Waals surface area contributed by atoms with Crippen LogP contribution in [-0.4, -0.2) is 21.6 Å². The Morgan fingerprint density at radius 2 is 2.36 bits per heavy atom. The fraction of sp³-hybridized carbons (Fsp3) is 0.375. The van der Waals surface area contributed by atoms with Crippen LogP contribution in [0.1, 0.15) is 23.8 Å². The first-order valence-electron chi connectivity index (χ1n) is 4.23. The monoisotopic (exact) mass is 196 g/mol. The van der Waals surface area contributed by atoms with E-state index in [1.807, 2.05) is 0 Å². The number of carbonyl (C=O) groups excluding carboxylic acids is 2. The zero-order valence-corrected chi connectivity index (χ0v) is 7.86. The lowest BCUT2D eigenvalue weighted by Crippen LogP contribution is -2.25. The van der Waals surface area contributed by atoms with Crippen molar-refractivity contribution in [2.75, 3.05) is 0 Å². The fourth-order valence-electron chi connectivity index (χ4n) is 0.875. The molecule has 0 saturated heterocycles. The van der Waals surface area contributed by atoms with E-state index in [4.69, 9.17) is 5.73 Å². The number of rotatable bonds is 4. The Morgan fingerprint density at radius 3 is 2.86 bits per heavy atom. The van der Waals surface area contributed by atoms with E-state index in [0.29, 0.717) is 6.42 Å². The number of amides is 2. The second-order valence-electron chi connectivity index (χ2n) is 2.72. The van der Waals surface area contributed by atoms with Crippen LogP contribution < -0.4 is 11.1 Å². The summed E-state index contributed by atoms with van der Waals surface area (Å²) in [6.07, 6.45) is 2.00. The van der Waals surface area contributed by atoms with E-state index in [-0.39, 0.29) is 18.3 Å². The number of nitrogens with one attached hydrogen (secondary N) is 1. The summed E-state index contributed by atoms with van der Waals surface area (Å²) in [6.45, 7) is 2.01. The number of hydrogen-bond acceptors (Lipinski definition) is 3. The van der Waals surface area contributed by atoms with Gasteiger partial charge in [-0.05, 0) is 6.07 Å². The van der Waals surface area contributed by atoms with Gasteiger partial charge in [-0.2, -0.15) is 5.10 Å². The van der Waals surface area contributed by atoms with Gasteiger partial charge in [0.2, 0.25) is 5.91 Å². The van der Waals surface area contributed by atoms with Crippen molar-refractivity contribution in [1.29, 1.82) is 0 Å². The second-order valence-corrected chi connectivity index (χ2v) is 2.72. The standard InChI is InChI=1S/C8H12N4O2/c1-2-7(13)10-5-12-4-3-6(11-12)8(9)14/h3-4H,2,5H2,1H3,(H2,9,14)(H,10,13). The molecule has 0 fully saturated rings. The summed E-state index contributed by atoms with van der Waals surface area (Å²) in [5.41, 5.74) is 5.20. The third kappa shape index (κ3) is 2.58. The highest BCUT2D eigenvalue weighted by Gasteiger charge is 2.04. The molecule has 0 aliphatic carbocycles. The molecular weight excluding hydrogens is 184 g/mol. The van der Waals surface area contributed by atoms with Crippen molar-refractivity contribution in [1.82, 2.24) is 15.1 Å². The minimum atomic E-state index is -0.578. The average molecular weight is 196 g/mol. The van der Waals surface area contributed by atoms with Gasteiger partial charge in [0.05, 0.1) is 0 Å². The van der Waals surface area contributed by atoms with Crippen molar-refractivity contribution in [3.8, 4) is 0 Å². The van der Waals surface area contributed by atoms with Crippen LogP contribution in [0.5, 0.6) is 0 Å². The van der Waals surface area contributed by atoms with Crippen LogP contribution in [0.25, 0.3) is 0 Å². The Morgan fingerprint density at radius 1 is 1.64 bits per heavy atom. The summed E-state index contributed by atoms with van der Waals surface area (Å²) in [5, 5.41) is 6.45. The van der Waals surface area contributed by atoms with Gasteiger partial charge in [0.15, 0.2) is 0 Å². The van der Waals surface area contributed by atoms with Gasteiger partial charge in [-0.3, -0.25) is 14.3 Å². The highest BCUT2D eigenvalue weighted by molar-refractivity contribution is 5.90. The zero-order valence-electron chi connectivity index (χ0n) is 7.86. The summed E-state index contributed by atoms with van der Waals surface area (Å²) < 4.78 is 1.44. The van der Waals surface area contributed by atoms with E-state index in [1.54, 1.807) is 13.1 Å². The number of carbonyl (C=O) groups is 2. The molecule has 1 heterocycles. The van der Waals surface area contributed by atoms with Crippen LogP contribution in [-0.2, 0) is 11.5 Å². The van der Waals surface area contributed by atoms with Gasteiger partial charge in [0.25, 0.3) is 5.91 Å². The topological polar surface area (TPSA) is 90.0 Å². The molecule has 1 rings (SSSR count). The van der Waals surface area contributed by atoms with Gasteiger partial charge >= 0.3 is 0 Å². The summed E-state index contributed by atoms with van der Waals surface area (Å²) in [7, 11) is 0. The molecule has 2 amide bonds. The van der Waals surface area contributed by atoms with Crippen molar-refractivity contribution in [2.24, 2.45) is 5.73 Å². The number of nitrogens with two attached hydrogens (primary N) is 1. The van der Waals surface area contributed by atoms with E-state index in [1.165, 1.54) is 10.7 Å². The third-order valence-corrected chi connectivity index (χ3v) is 1.65. The third-order valence-electron chi connectivity index (χ3n) is 1.65. The van der Waals surface area contributed by atoms with Crippen LogP contribution in [0, 0.1) is 0 Å². The van der Waals surface area contributed by atoms with Crippen LogP contribution in [0.4, 0.5) is 0 Å². The molecule has 0 atom stereocenters. The Labute approximate surface area is 81.1 Å². The normalized spacial score (nSPS) is 9.79. The number of aromatic nitrogens is 2. The van der Waals surface area contributed by atoms with Gasteiger partial charge in [-0.15, -0.1) is 0 Å². The van der Waals surface area contributed by atoms with Crippen molar-refractivity contribution in [3.05, 3.63) is 18.0 Å². The first-order chi connectivity index (χ1) is 6.63. The molecule has 0 aromatic carbocycles. The molecule has 6 nitrogen and oxygen atoms in total. The molecule has 1 aromatic rings. The molecule has 0 bridgehead atoms. The van der Waals surface area contributed by atoms with Gasteiger partial charge in [0, 0.05) is 12.6 Å². The smallest absolute Gasteiger partial charge is 0.269 e. The molecule has 0 aliphatic rings. The number of primary amides is 1. The molecular formula is C8H12N4O2. The summed E-state index contributed by atoms with van der Waals surface area (Å²) >= 11 is 0. The van der Waals surface area contributed by atoms with Crippen molar-refractivity contribution in [3.63, 3.8) is 0 Å². The average Bonchev–Trinajstić information content (AvgIpc) is 2.62. The van der Waals surface area contributed by atoms with Gasteiger partial charge < -0.3 is 11.1 Å². The van der Waals surface area contributed by atoms with Crippen molar-refractivity contribution < 1.29 is 9.59 Å². The maximum atomic E-state index is 10.9. The Kier molecular flexibility index (Phi) is 3.22. The predicted molar refractivity (Wildman–Crippen MR) is 49.2 cm³/mol. The van der Waals surface area contributed by atoms with Crippen molar-refractivity contribution in [2.45, 2.75) is 20.0 Å². The van der Waals surface area contributed by atoms with Crippen LogP contribution in [0.2, 0.25) is 0 Å². The maximum absolute atomic E-state index is 10.9. The molecule has 6 heteroatoms. The fourth-order valence-corrected chi connectivity index (χ4v) is 0.875. The first kappa shape index (κ1) is 10.2. The molecule has 0 spiro atoms. The number of nitrogens with zero attached hydrogens (tertiary/aromatic N) is 2.